The zero-order chi connectivity index (χ0) is 39.5. The van der Waals surface area contributed by atoms with Crippen LogP contribution in [0.3, 0.4) is 0 Å². The Morgan fingerprint density at radius 1 is 1.22 bits per heavy atom. The molecule has 2 aliphatic heterocycles. The first-order chi connectivity index (χ1) is 23.4. The number of aromatic nitrogens is 3. The molecule has 8 heteroatoms. The summed E-state index contributed by atoms with van der Waals surface area (Å²) in [4.78, 5) is 15.5. The largest absolute Gasteiger partial charge is 0.349 e. The molecule has 0 spiro atoms. The molecular formula is C29H41F2N5O. The Morgan fingerprint density at radius 3 is 2.51 bits per heavy atom. The SMILES string of the molecule is [2H]C([2H])([2H])c1nnc(C([2H])(C)C)n1C1CC2CCC(C1)N2C([2H])([2H])CC(NC(=O)C1([2H])C([2H])([2H])C([2H])([2H])C(F)(F)C([2H])([2H])C1([2H])[2H])c1ccccc1. The number of hydrogen-bond donors (Lipinski definition) is 1. The van der Waals surface area contributed by atoms with Gasteiger partial charge in [-0.25, -0.2) is 8.78 Å². The number of aryl methyl sites for hydroxylation is 1. The number of carbonyl (C=O) groups is 1. The van der Waals surface area contributed by atoms with Gasteiger partial charge in [-0.3, -0.25) is 9.69 Å². The molecule has 1 aromatic carbocycles. The Bertz CT molecular complexity index is 1600. The molecule has 6 nitrogen and oxygen atoms in total. The average Bonchev–Trinajstić information content (AvgIpc) is 3.60. The number of carbonyl (C=O) groups excluding carboxylic acids is 1. The summed E-state index contributed by atoms with van der Waals surface area (Å²) >= 11 is 0. The summed E-state index contributed by atoms with van der Waals surface area (Å²) in [6, 6.07) is 4.65. The molecule has 3 aliphatic rings. The first-order valence-corrected chi connectivity index (χ1v) is 12.4. The van der Waals surface area contributed by atoms with Crippen LogP contribution in [0.25, 0.3) is 0 Å². The number of benzene rings is 1. The average molecular weight is 529 g/mol. The number of halogens is 2. The normalized spacial score (nSPS) is 40.2. The highest BCUT2D eigenvalue weighted by atomic mass is 19.3. The summed E-state index contributed by atoms with van der Waals surface area (Å²) in [5.74, 6) is -12.8. The van der Waals surface area contributed by atoms with E-state index in [0.717, 1.165) is 0 Å². The van der Waals surface area contributed by atoms with E-state index in [2.05, 4.69) is 15.5 Å². The molecule has 3 atom stereocenters. The van der Waals surface area contributed by atoms with Crippen LogP contribution in [0.15, 0.2) is 30.3 Å². The molecule has 5 rings (SSSR count). The van der Waals surface area contributed by atoms with E-state index < -0.39 is 93.0 Å². The van der Waals surface area contributed by atoms with Gasteiger partial charge in [0.2, 0.25) is 11.8 Å². The van der Waals surface area contributed by atoms with Crippen molar-refractivity contribution in [2.45, 2.75) is 114 Å². The predicted octanol–water partition coefficient (Wildman–Crippen LogP) is 5.95. The van der Waals surface area contributed by atoms with Gasteiger partial charge in [-0.1, -0.05) is 44.2 Å². The van der Waals surface area contributed by atoms with Crippen molar-refractivity contribution in [2.75, 3.05) is 6.50 Å². The predicted molar refractivity (Wildman–Crippen MR) is 139 cm³/mol. The standard InChI is InChI=1S/C29H41F2N5O/c1-19(2)27-34-33-20(3)36(27)25-17-23-9-10-24(18-25)35(23)16-13-26(21-7-5-4-6-8-21)32-28(37)22-11-14-29(30,31)15-12-22/h4-8,19,22-26H,9-18H2,1-3H3,(H,32,37)/i3D3,11D2,12D2,14D2,15D2,16D2,19D,22D. The molecule has 2 bridgehead atoms. The zero-order valence-corrected chi connectivity index (χ0v) is 20.7. The highest BCUT2D eigenvalue weighted by molar-refractivity contribution is 5.79. The van der Waals surface area contributed by atoms with Crippen LogP contribution in [-0.4, -0.2) is 50.1 Å². The van der Waals surface area contributed by atoms with Crippen molar-refractivity contribution in [3.63, 3.8) is 0 Å². The highest BCUT2D eigenvalue weighted by Crippen LogP contribution is 2.42. The third kappa shape index (κ3) is 5.74. The Kier molecular flexibility index (Phi) is 3.98. The molecular weight excluding hydrogens is 472 g/mol. The fraction of sp³-hybridized carbons (Fsp3) is 0.690. The van der Waals surface area contributed by atoms with Gasteiger partial charge >= 0.3 is 0 Å². The van der Waals surface area contributed by atoms with Gasteiger partial charge in [0, 0.05) is 69.7 Å². The van der Waals surface area contributed by atoms with Crippen LogP contribution in [0.1, 0.15) is 127 Å². The molecule has 1 aromatic heterocycles. The summed E-state index contributed by atoms with van der Waals surface area (Å²) in [6.07, 6.45) is -16.8. The molecule has 3 fully saturated rings. The lowest BCUT2D eigenvalue weighted by Crippen LogP contribution is -2.45. The quantitative estimate of drug-likeness (QED) is 0.460. The summed E-state index contributed by atoms with van der Waals surface area (Å²) in [7, 11) is 0. The molecule has 1 saturated carbocycles. The molecule has 1 N–H and O–H groups in total. The fourth-order valence-corrected chi connectivity index (χ4v) is 5.42. The second-order valence-corrected chi connectivity index (χ2v) is 9.88. The molecule has 202 valence electrons. The van der Waals surface area contributed by atoms with Crippen molar-refractivity contribution in [3.8, 4) is 0 Å². The van der Waals surface area contributed by atoms with Gasteiger partial charge in [0.15, 0.2) is 0 Å². The minimum Gasteiger partial charge on any atom is -0.349 e. The monoisotopic (exact) mass is 528 g/mol. The van der Waals surface area contributed by atoms with Crippen molar-refractivity contribution in [2.24, 2.45) is 5.89 Å². The van der Waals surface area contributed by atoms with E-state index in [1.807, 2.05) is 0 Å². The number of fused-ring (bicyclic) bond motifs is 2. The van der Waals surface area contributed by atoms with Crippen molar-refractivity contribution in [3.05, 3.63) is 47.5 Å². The molecule has 3 unspecified atom stereocenters. The van der Waals surface area contributed by atoms with Crippen LogP contribution in [0.5, 0.6) is 0 Å². The van der Waals surface area contributed by atoms with Gasteiger partial charge in [-0.05, 0) is 57.3 Å². The van der Waals surface area contributed by atoms with E-state index in [0.29, 0.717) is 12.8 Å². The molecule has 3 heterocycles. The fourth-order valence-electron chi connectivity index (χ4n) is 5.42. The van der Waals surface area contributed by atoms with E-state index in [-0.39, 0.29) is 30.1 Å². The van der Waals surface area contributed by atoms with E-state index in [9.17, 15) is 7.54 Å². The van der Waals surface area contributed by atoms with Crippen LogP contribution in [0.2, 0.25) is 0 Å². The third-order valence-electron chi connectivity index (χ3n) is 7.12. The van der Waals surface area contributed by atoms with Crippen LogP contribution in [0.4, 0.5) is 8.78 Å². The lowest BCUT2D eigenvalue weighted by atomic mass is 9.86. The summed E-state index contributed by atoms with van der Waals surface area (Å²) in [5.41, 5.74) is 0.202. The van der Waals surface area contributed by atoms with Crippen molar-refractivity contribution < 1.29 is 34.1 Å². The number of alkyl halides is 2. The molecule has 1 aliphatic carbocycles. The number of nitrogens with one attached hydrogen (secondary N) is 1. The summed E-state index contributed by atoms with van der Waals surface area (Å²) in [5, 5.41) is 10.2. The maximum atomic E-state index is 15.1. The van der Waals surface area contributed by atoms with Gasteiger partial charge < -0.3 is 9.88 Å². The topological polar surface area (TPSA) is 63.1 Å². The smallest absolute Gasteiger partial charge is 0.248 e. The van der Waals surface area contributed by atoms with E-state index in [1.165, 1.54) is 28.8 Å². The summed E-state index contributed by atoms with van der Waals surface area (Å²) in [6.45, 7) is -1.83. The molecule has 2 saturated heterocycles. The maximum Gasteiger partial charge on any atom is 0.248 e. The van der Waals surface area contributed by atoms with Gasteiger partial charge in [0.25, 0.3) is 0 Å². The Labute approximate surface area is 240 Å². The van der Waals surface area contributed by atoms with Crippen molar-refractivity contribution in [1.29, 1.82) is 0 Å². The summed E-state index contributed by atoms with van der Waals surface area (Å²) < 4.78 is 156. The molecule has 37 heavy (non-hydrogen) atoms. The van der Waals surface area contributed by atoms with Crippen LogP contribution < -0.4 is 5.32 Å². The number of nitrogens with zero attached hydrogens (tertiary/aromatic N) is 4. The molecule has 0 radical (unpaired) electrons. The maximum absolute atomic E-state index is 15.1. The second-order valence-electron chi connectivity index (χ2n) is 9.88. The number of piperidine rings is 1. The number of amides is 1. The van der Waals surface area contributed by atoms with Crippen LogP contribution in [0, 0.1) is 12.7 Å². The van der Waals surface area contributed by atoms with Gasteiger partial charge in [0.1, 0.15) is 11.6 Å². The van der Waals surface area contributed by atoms with Gasteiger partial charge in [-0.15, -0.1) is 10.2 Å². The lowest BCUT2D eigenvalue weighted by Gasteiger charge is -2.40. The van der Waals surface area contributed by atoms with Gasteiger partial charge in [-0.2, -0.15) is 0 Å². The lowest BCUT2D eigenvalue weighted by molar-refractivity contribution is -0.130. The number of hydrogen-bond acceptors (Lipinski definition) is 4. The Morgan fingerprint density at radius 2 is 1.89 bits per heavy atom. The Balaban J connectivity index is 1.48. The minimum absolute atomic E-state index is 0.143. The Hall–Kier alpha value is -2.35. The number of rotatable bonds is 8. The van der Waals surface area contributed by atoms with E-state index >= 15 is 8.78 Å². The first-order valence-electron chi connectivity index (χ1n) is 19.9. The first kappa shape index (κ1) is 13.6. The zero-order valence-electron chi connectivity index (χ0n) is 35.7. The van der Waals surface area contributed by atoms with E-state index in [1.54, 1.807) is 24.8 Å². The van der Waals surface area contributed by atoms with E-state index in [4.69, 9.17) is 17.8 Å². The van der Waals surface area contributed by atoms with Crippen LogP contribution in [-0.2, 0) is 4.79 Å². The van der Waals surface area contributed by atoms with Crippen molar-refractivity contribution >= 4 is 5.91 Å². The highest BCUT2D eigenvalue weighted by Gasteiger charge is 2.42. The van der Waals surface area contributed by atoms with Crippen LogP contribution >= 0.6 is 0 Å². The van der Waals surface area contributed by atoms with Crippen molar-refractivity contribution in [1.82, 2.24) is 25.0 Å². The minimum atomic E-state index is -5.31. The third-order valence-corrected chi connectivity index (χ3v) is 7.12. The molecule has 1 amide bonds. The second kappa shape index (κ2) is 10.8. The molecule has 2 aromatic rings. The van der Waals surface area contributed by atoms with Gasteiger partial charge in [0.05, 0.1) is 6.04 Å².